The molecule has 4 rings (SSSR count). The highest BCUT2D eigenvalue weighted by molar-refractivity contribution is 7.09. The molecule has 0 unspecified atom stereocenters. The molecular weight excluding hydrogens is 388 g/mol. The Morgan fingerprint density at radius 2 is 1.71 bits per heavy atom. The average Bonchev–Trinajstić information content (AvgIpc) is 3.29. The molecule has 0 saturated heterocycles. The first-order valence-electron chi connectivity index (χ1n) is 8.22. The van der Waals surface area contributed by atoms with Gasteiger partial charge in [0.1, 0.15) is 29.0 Å². The second-order valence-electron chi connectivity index (χ2n) is 5.81. The summed E-state index contributed by atoms with van der Waals surface area (Å²) in [4.78, 5) is 16.4. The first kappa shape index (κ1) is 18.1. The van der Waals surface area contributed by atoms with Crippen molar-refractivity contribution < 1.29 is 17.9 Å². The average molecular weight is 401 g/mol. The third-order valence-corrected chi connectivity index (χ3v) is 4.66. The molecule has 0 amide bonds. The van der Waals surface area contributed by atoms with E-state index in [-0.39, 0.29) is 30.7 Å². The highest BCUT2D eigenvalue weighted by Gasteiger charge is 2.12. The number of ether oxygens (including phenoxy) is 1. The van der Waals surface area contributed by atoms with E-state index in [0.29, 0.717) is 22.0 Å². The molecule has 4 aromatic rings. The first-order chi connectivity index (χ1) is 13.6. The molecule has 0 aliphatic heterocycles. The standard InChI is InChI=1S/C19H13F2N3O3S/c20-13-3-1-12(2-4-13)18-23-24(19(25)27-18)9-15-11-28-17(22-15)10-26-16-7-5-14(21)6-8-16/h1-8,11H,9-10H2. The van der Waals surface area contributed by atoms with E-state index in [0.717, 1.165) is 4.68 Å². The molecule has 0 aliphatic rings. The maximum Gasteiger partial charge on any atom is 0.437 e. The molecule has 28 heavy (non-hydrogen) atoms. The predicted octanol–water partition coefficient (Wildman–Crippen LogP) is 3.87. The van der Waals surface area contributed by atoms with Crippen LogP contribution in [0.15, 0.2) is 63.1 Å². The van der Waals surface area contributed by atoms with Crippen LogP contribution in [0.2, 0.25) is 0 Å². The van der Waals surface area contributed by atoms with Gasteiger partial charge in [-0.25, -0.2) is 18.6 Å². The molecule has 0 bridgehead atoms. The Kier molecular flexibility index (Phi) is 4.98. The lowest BCUT2D eigenvalue weighted by molar-refractivity contribution is 0.304. The van der Waals surface area contributed by atoms with Crippen LogP contribution in [0, 0.1) is 11.6 Å². The van der Waals surface area contributed by atoms with Crippen molar-refractivity contribution in [2.75, 3.05) is 0 Å². The van der Waals surface area contributed by atoms with Gasteiger partial charge in [-0.05, 0) is 48.5 Å². The summed E-state index contributed by atoms with van der Waals surface area (Å²) in [6.45, 7) is 0.363. The van der Waals surface area contributed by atoms with Crippen molar-refractivity contribution in [3.05, 3.63) is 86.8 Å². The van der Waals surface area contributed by atoms with Gasteiger partial charge in [0.2, 0.25) is 5.89 Å². The fourth-order valence-electron chi connectivity index (χ4n) is 2.43. The molecule has 9 heteroatoms. The van der Waals surface area contributed by atoms with Crippen LogP contribution >= 0.6 is 11.3 Å². The summed E-state index contributed by atoms with van der Waals surface area (Å²) in [6.07, 6.45) is 0. The lowest BCUT2D eigenvalue weighted by Crippen LogP contribution is -2.16. The molecule has 2 heterocycles. The van der Waals surface area contributed by atoms with Crippen LogP contribution in [-0.4, -0.2) is 14.8 Å². The van der Waals surface area contributed by atoms with Gasteiger partial charge in [0, 0.05) is 10.9 Å². The molecule has 0 aliphatic carbocycles. The van der Waals surface area contributed by atoms with Gasteiger partial charge in [-0.1, -0.05) is 0 Å². The van der Waals surface area contributed by atoms with Gasteiger partial charge in [0.15, 0.2) is 0 Å². The predicted molar refractivity (Wildman–Crippen MR) is 98.1 cm³/mol. The van der Waals surface area contributed by atoms with Gasteiger partial charge in [0.05, 0.1) is 12.2 Å². The summed E-state index contributed by atoms with van der Waals surface area (Å²) >= 11 is 1.38. The molecule has 0 radical (unpaired) electrons. The number of hydrogen-bond donors (Lipinski definition) is 0. The number of nitrogens with zero attached hydrogens (tertiary/aromatic N) is 3. The lowest BCUT2D eigenvalue weighted by Gasteiger charge is -2.03. The second kappa shape index (κ2) is 7.73. The van der Waals surface area contributed by atoms with Crippen LogP contribution < -0.4 is 10.5 Å². The van der Waals surface area contributed by atoms with Crippen molar-refractivity contribution in [1.82, 2.24) is 14.8 Å². The van der Waals surface area contributed by atoms with Gasteiger partial charge in [-0.15, -0.1) is 16.4 Å². The number of benzene rings is 2. The third-order valence-electron chi connectivity index (χ3n) is 3.78. The molecule has 0 spiro atoms. The van der Waals surface area contributed by atoms with Crippen molar-refractivity contribution in [1.29, 1.82) is 0 Å². The van der Waals surface area contributed by atoms with E-state index in [9.17, 15) is 13.6 Å². The third kappa shape index (κ3) is 4.15. The number of thiazole rings is 1. The summed E-state index contributed by atoms with van der Waals surface area (Å²) in [5.41, 5.74) is 1.13. The van der Waals surface area contributed by atoms with Crippen LogP contribution in [0.3, 0.4) is 0 Å². The zero-order valence-electron chi connectivity index (χ0n) is 14.3. The first-order valence-corrected chi connectivity index (χ1v) is 9.10. The Morgan fingerprint density at radius 3 is 2.43 bits per heavy atom. The van der Waals surface area contributed by atoms with Gasteiger partial charge < -0.3 is 9.15 Å². The van der Waals surface area contributed by atoms with Gasteiger partial charge >= 0.3 is 5.76 Å². The minimum absolute atomic E-state index is 0.111. The Hall–Kier alpha value is -3.33. The highest BCUT2D eigenvalue weighted by atomic mass is 32.1. The molecular formula is C19H13F2N3O3S. The number of aromatic nitrogens is 3. The lowest BCUT2D eigenvalue weighted by atomic mass is 10.2. The van der Waals surface area contributed by atoms with Gasteiger partial charge in [-0.2, -0.15) is 4.68 Å². The quantitative estimate of drug-likeness (QED) is 0.491. The van der Waals surface area contributed by atoms with Crippen molar-refractivity contribution in [2.24, 2.45) is 0 Å². The summed E-state index contributed by atoms with van der Waals surface area (Å²) in [5.74, 6) is -0.698. The SMILES string of the molecule is O=c1oc(-c2ccc(F)cc2)nn1Cc1csc(COc2ccc(F)cc2)n1. The summed E-state index contributed by atoms with van der Waals surface area (Å²) in [5, 5.41) is 6.63. The molecule has 2 aromatic carbocycles. The van der Waals surface area contributed by atoms with Crippen molar-refractivity contribution in [3.8, 4) is 17.2 Å². The van der Waals surface area contributed by atoms with E-state index >= 15 is 0 Å². The zero-order valence-corrected chi connectivity index (χ0v) is 15.2. The fourth-order valence-corrected chi connectivity index (χ4v) is 3.13. The van der Waals surface area contributed by atoms with Gasteiger partial charge in [0.25, 0.3) is 0 Å². The van der Waals surface area contributed by atoms with Crippen molar-refractivity contribution in [2.45, 2.75) is 13.2 Å². The van der Waals surface area contributed by atoms with Crippen LogP contribution in [-0.2, 0) is 13.2 Å². The minimum atomic E-state index is -0.628. The molecule has 0 fully saturated rings. The number of rotatable bonds is 6. The molecule has 0 saturated carbocycles. The molecule has 0 N–H and O–H groups in total. The Balaban J connectivity index is 1.43. The zero-order chi connectivity index (χ0) is 19.5. The highest BCUT2D eigenvalue weighted by Crippen LogP contribution is 2.18. The largest absolute Gasteiger partial charge is 0.486 e. The number of halogens is 2. The molecule has 0 atom stereocenters. The fraction of sp³-hybridized carbons (Fsp3) is 0.105. The van der Waals surface area contributed by atoms with Gasteiger partial charge in [-0.3, -0.25) is 0 Å². The topological polar surface area (TPSA) is 70.2 Å². The maximum absolute atomic E-state index is 13.0. The Bertz CT molecular complexity index is 1130. The van der Waals surface area contributed by atoms with E-state index in [4.69, 9.17) is 9.15 Å². The van der Waals surface area contributed by atoms with E-state index < -0.39 is 5.76 Å². The van der Waals surface area contributed by atoms with Crippen LogP contribution in [0.5, 0.6) is 5.75 Å². The monoisotopic (exact) mass is 401 g/mol. The number of hydrogen-bond acceptors (Lipinski definition) is 6. The normalized spacial score (nSPS) is 10.9. The van der Waals surface area contributed by atoms with Crippen LogP contribution in [0.25, 0.3) is 11.5 Å². The van der Waals surface area contributed by atoms with E-state index in [1.165, 1.54) is 59.9 Å². The van der Waals surface area contributed by atoms with Crippen molar-refractivity contribution >= 4 is 11.3 Å². The van der Waals surface area contributed by atoms with Crippen molar-refractivity contribution in [3.63, 3.8) is 0 Å². The smallest absolute Gasteiger partial charge is 0.437 e. The van der Waals surface area contributed by atoms with Crippen LogP contribution in [0.1, 0.15) is 10.7 Å². The van der Waals surface area contributed by atoms with E-state index in [1.54, 1.807) is 5.38 Å². The molecule has 2 aromatic heterocycles. The van der Waals surface area contributed by atoms with E-state index in [1.807, 2.05) is 0 Å². The van der Waals surface area contributed by atoms with Crippen LogP contribution in [0.4, 0.5) is 8.78 Å². The molecule has 6 nitrogen and oxygen atoms in total. The Morgan fingerprint density at radius 1 is 1.04 bits per heavy atom. The Labute approximate surface area is 161 Å². The second-order valence-corrected chi connectivity index (χ2v) is 6.76. The minimum Gasteiger partial charge on any atom is -0.486 e. The molecule has 142 valence electrons. The summed E-state index contributed by atoms with van der Waals surface area (Å²) in [7, 11) is 0. The summed E-state index contributed by atoms with van der Waals surface area (Å²) < 4.78 is 37.7. The summed E-state index contributed by atoms with van der Waals surface area (Å²) in [6, 6.07) is 11.2. The van der Waals surface area contributed by atoms with E-state index in [2.05, 4.69) is 10.1 Å². The maximum atomic E-state index is 13.0.